The molecule has 1 aromatic carbocycles. The van der Waals surface area contributed by atoms with Crippen LogP contribution in [0.15, 0.2) is 27.6 Å². The van der Waals surface area contributed by atoms with Crippen LogP contribution in [-0.4, -0.2) is 26.5 Å². The first-order valence-corrected chi connectivity index (χ1v) is 7.99. The van der Waals surface area contributed by atoms with E-state index in [2.05, 4.69) is 20.8 Å². The van der Waals surface area contributed by atoms with Gasteiger partial charge >= 0.3 is 0 Å². The zero-order valence-corrected chi connectivity index (χ0v) is 12.1. The van der Waals surface area contributed by atoms with Crippen molar-refractivity contribution < 1.29 is 12.8 Å². The Labute approximate surface area is 114 Å². The van der Waals surface area contributed by atoms with E-state index in [9.17, 15) is 12.8 Å². The van der Waals surface area contributed by atoms with Gasteiger partial charge in [-0.3, -0.25) is 0 Å². The summed E-state index contributed by atoms with van der Waals surface area (Å²) in [4.78, 5) is 2.42. The quantitative estimate of drug-likeness (QED) is 0.921. The highest BCUT2D eigenvalue weighted by Crippen LogP contribution is 2.19. The lowest BCUT2D eigenvalue weighted by atomic mass is 10.2. The molecule has 0 amide bonds. The molecule has 0 bridgehead atoms. The Bertz CT molecular complexity index is 530. The number of sulfonamides is 1. The monoisotopic (exact) mass is 336 g/mol. The number of rotatable bonds is 3. The maximum Gasteiger partial charge on any atom is 0.253 e. The third kappa shape index (κ3) is 3.28. The van der Waals surface area contributed by atoms with Gasteiger partial charge in [0.25, 0.3) is 10.0 Å². The number of nitrogens with one attached hydrogen (secondary N) is 1. The molecule has 0 aliphatic carbocycles. The van der Waals surface area contributed by atoms with Crippen LogP contribution in [0.5, 0.6) is 0 Å². The average Bonchev–Trinajstić information content (AvgIpc) is 2.33. The Morgan fingerprint density at radius 1 is 1.22 bits per heavy atom. The largest absolute Gasteiger partial charge is 0.253 e. The Morgan fingerprint density at radius 3 is 2.50 bits per heavy atom. The molecule has 1 saturated heterocycles. The van der Waals surface area contributed by atoms with Crippen molar-refractivity contribution in [2.24, 2.45) is 0 Å². The van der Waals surface area contributed by atoms with Crippen molar-refractivity contribution in [3.63, 3.8) is 0 Å². The summed E-state index contributed by atoms with van der Waals surface area (Å²) in [5, 5.41) is 1.67. The smallest absolute Gasteiger partial charge is 0.230 e. The fraction of sp³-hybridized carbons (Fsp3) is 0.455. The number of hydrogen-bond donors (Lipinski definition) is 1. The van der Waals surface area contributed by atoms with Gasteiger partial charge in [0.05, 0.1) is 9.37 Å². The molecule has 0 aromatic heterocycles. The molecule has 0 spiro atoms. The molecule has 100 valence electrons. The molecule has 0 saturated carbocycles. The van der Waals surface area contributed by atoms with E-state index in [1.165, 1.54) is 12.1 Å². The summed E-state index contributed by atoms with van der Waals surface area (Å²) < 4.78 is 37.6. The first-order chi connectivity index (χ1) is 8.49. The van der Waals surface area contributed by atoms with Crippen LogP contribution in [0, 0.1) is 5.82 Å². The Hall–Kier alpha value is -0.500. The van der Waals surface area contributed by atoms with E-state index in [1.54, 1.807) is 5.01 Å². The maximum atomic E-state index is 13.3. The summed E-state index contributed by atoms with van der Waals surface area (Å²) in [6.45, 7) is 1.39. The number of halogens is 2. The summed E-state index contributed by atoms with van der Waals surface area (Å²) in [6.07, 6.45) is 3.06. The molecule has 0 atom stereocenters. The van der Waals surface area contributed by atoms with Gasteiger partial charge in [0.15, 0.2) is 0 Å². The molecule has 1 aromatic rings. The highest BCUT2D eigenvalue weighted by atomic mass is 79.9. The zero-order chi connectivity index (χ0) is 13.2. The van der Waals surface area contributed by atoms with Gasteiger partial charge < -0.3 is 0 Å². The lowest BCUT2D eigenvalue weighted by Gasteiger charge is -2.26. The van der Waals surface area contributed by atoms with Crippen molar-refractivity contribution in [3.05, 3.63) is 28.5 Å². The molecular weight excluding hydrogens is 323 g/mol. The molecule has 1 fully saturated rings. The highest BCUT2D eigenvalue weighted by Gasteiger charge is 2.20. The van der Waals surface area contributed by atoms with Crippen molar-refractivity contribution in [2.45, 2.75) is 24.2 Å². The highest BCUT2D eigenvalue weighted by molar-refractivity contribution is 9.10. The van der Waals surface area contributed by atoms with Crippen molar-refractivity contribution in [2.75, 3.05) is 13.1 Å². The van der Waals surface area contributed by atoms with E-state index in [0.717, 1.165) is 25.3 Å². The molecular formula is C11H14BrFN2O2S. The SMILES string of the molecule is O=S(=O)(NN1CCCCC1)c1ccc(Br)c(F)c1. The van der Waals surface area contributed by atoms with Crippen LogP contribution in [0.25, 0.3) is 0 Å². The molecule has 1 aliphatic rings. The predicted octanol–water partition coefficient (Wildman–Crippen LogP) is 2.27. The second-order valence-electron chi connectivity index (χ2n) is 4.22. The van der Waals surface area contributed by atoms with Crippen molar-refractivity contribution in [3.8, 4) is 0 Å². The van der Waals surface area contributed by atoms with Crippen molar-refractivity contribution >= 4 is 26.0 Å². The summed E-state index contributed by atoms with van der Waals surface area (Å²) in [5.74, 6) is -0.587. The Balaban J connectivity index is 2.16. The minimum absolute atomic E-state index is 0.0613. The predicted molar refractivity (Wildman–Crippen MR) is 69.8 cm³/mol. The summed E-state index contributed by atoms with van der Waals surface area (Å²) in [7, 11) is -3.68. The molecule has 1 N–H and O–H groups in total. The lowest BCUT2D eigenvalue weighted by molar-refractivity contribution is 0.200. The Morgan fingerprint density at radius 2 is 1.89 bits per heavy atom. The van der Waals surface area contributed by atoms with Crippen LogP contribution < -0.4 is 4.83 Å². The van der Waals surface area contributed by atoms with Gasteiger partial charge in [-0.05, 0) is 47.0 Å². The topological polar surface area (TPSA) is 49.4 Å². The van der Waals surface area contributed by atoms with Gasteiger partial charge in [0.1, 0.15) is 5.82 Å². The van der Waals surface area contributed by atoms with E-state index < -0.39 is 15.8 Å². The molecule has 0 radical (unpaired) electrons. The van der Waals surface area contributed by atoms with Crippen LogP contribution in [0.2, 0.25) is 0 Å². The van der Waals surface area contributed by atoms with E-state index >= 15 is 0 Å². The fourth-order valence-corrected chi connectivity index (χ4v) is 3.23. The van der Waals surface area contributed by atoms with Gasteiger partial charge in [-0.25, -0.2) is 17.8 Å². The van der Waals surface area contributed by atoms with Crippen LogP contribution in [0.4, 0.5) is 4.39 Å². The molecule has 1 heterocycles. The first kappa shape index (κ1) is 13.9. The number of piperidine rings is 1. The van der Waals surface area contributed by atoms with Crippen molar-refractivity contribution in [1.82, 2.24) is 9.84 Å². The van der Waals surface area contributed by atoms with E-state index in [4.69, 9.17) is 0 Å². The standard InChI is InChI=1S/C11H14BrFN2O2S/c12-10-5-4-9(8-11(10)13)18(16,17)14-15-6-2-1-3-7-15/h4-5,8,14H,1-3,6-7H2. The van der Waals surface area contributed by atoms with Crippen LogP contribution in [-0.2, 0) is 10.0 Å². The molecule has 18 heavy (non-hydrogen) atoms. The maximum absolute atomic E-state index is 13.3. The second kappa shape index (κ2) is 5.64. The van der Waals surface area contributed by atoms with Crippen LogP contribution in [0.3, 0.4) is 0 Å². The second-order valence-corrected chi connectivity index (χ2v) is 6.73. The van der Waals surface area contributed by atoms with Crippen LogP contribution >= 0.6 is 15.9 Å². The van der Waals surface area contributed by atoms with Crippen molar-refractivity contribution in [1.29, 1.82) is 0 Å². The molecule has 4 nitrogen and oxygen atoms in total. The Kier molecular flexibility index (Phi) is 4.37. The van der Waals surface area contributed by atoms with Gasteiger partial charge in [0, 0.05) is 13.1 Å². The molecule has 1 aliphatic heterocycles. The fourth-order valence-electron chi connectivity index (χ4n) is 1.85. The van der Waals surface area contributed by atoms with Gasteiger partial charge in [-0.15, -0.1) is 4.83 Å². The molecule has 2 rings (SSSR count). The third-order valence-electron chi connectivity index (χ3n) is 2.81. The summed E-state index contributed by atoms with van der Waals surface area (Å²) >= 11 is 2.99. The number of hydrogen-bond acceptors (Lipinski definition) is 3. The van der Waals surface area contributed by atoms with Gasteiger partial charge in [-0.1, -0.05) is 6.42 Å². The average molecular weight is 337 g/mol. The first-order valence-electron chi connectivity index (χ1n) is 5.71. The zero-order valence-electron chi connectivity index (χ0n) is 9.70. The minimum atomic E-state index is -3.68. The minimum Gasteiger partial charge on any atom is -0.230 e. The summed E-state index contributed by atoms with van der Waals surface area (Å²) in [6, 6.07) is 3.77. The lowest BCUT2D eigenvalue weighted by Crippen LogP contribution is -2.44. The van der Waals surface area contributed by atoms with Crippen LogP contribution in [0.1, 0.15) is 19.3 Å². The number of hydrazine groups is 1. The summed E-state index contributed by atoms with van der Waals surface area (Å²) in [5.41, 5.74) is 0. The molecule has 0 unspecified atom stereocenters. The van der Waals surface area contributed by atoms with E-state index in [1.807, 2.05) is 0 Å². The van der Waals surface area contributed by atoms with E-state index in [0.29, 0.717) is 13.1 Å². The van der Waals surface area contributed by atoms with Gasteiger partial charge in [0.2, 0.25) is 0 Å². The number of benzene rings is 1. The molecule has 7 heteroatoms. The van der Waals surface area contributed by atoms with E-state index in [-0.39, 0.29) is 9.37 Å². The number of nitrogens with zero attached hydrogens (tertiary/aromatic N) is 1. The normalized spacial score (nSPS) is 17.9. The van der Waals surface area contributed by atoms with Gasteiger partial charge in [-0.2, -0.15) is 0 Å². The third-order valence-corrected chi connectivity index (χ3v) is 4.82.